The van der Waals surface area contributed by atoms with Gasteiger partial charge in [0.25, 0.3) is 7.37 Å². The van der Waals surface area contributed by atoms with E-state index < -0.39 is 13.2 Å². The van der Waals surface area contributed by atoms with Crippen LogP contribution in [0.25, 0.3) is 0 Å². The minimum absolute atomic E-state index is 0.196. The average molecular weight is 498 g/mol. The summed E-state index contributed by atoms with van der Waals surface area (Å²) in [6, 6.07) is 12.2. The van der Waals surface area contributed by atoms with Gasteiger partial charge in [0.2, 0.25) is 0 Å². The van der Waals surface area contributed by atoms with Crippen molar-refractivity contribution in [3.05, 3.63) is 58.1 Å². The molecule has 0 aromatic heterocycles. The first-order valence-corrected chi connectivity index (χ1v) is 13.7. The molecule has 0 bridgehead atoms. The fourth-order valence-electron chi connectivity index (χ4n) is 4.55. The molecule has 2 aromatic carbocycles. The highest BCUT2D eigenvalue weighted by Gasteiger charge is 2.43. The summed E-state index contributed by atoms with van der Waals surface area (Å²) in [6.07, 6.45) is 2.79. The third-order valence-corrected chi connectivity index (χ3v) is 9.63. The lowest BCUT2D eigenvalue weighted by molar-refractivity contribution is 0.0427. The first-order valence-electron chi connectivity index (χ1n) is 11.2. The number of hydrogen-bond donors (Lipinski definition) is 1. The molecule has 1 fully saturated rings. The van der Waals surface area contributed by atoms with Crippen molar-refractivity contribution in [3.8, 4) is 0 Å². The molecule has 0 unspecified atom stereocenters. The molecule has 0 spiro atoms. The number of benzene rings is 2. The van der Waals surface area contributed by atoms with E-state index in [-0.39, 0.29) is 17.0 Å². The Bertz CT molecular complexity index is 964. The van der Waals surface area contributed by atoms with E-state index in [4.69, 9.17) is 27.7 Å². The van der Waals surface area contributed by atoms with Crippen molar-refractivity contribution < 1.29 is 14.2 Å². The molecule has 3 rings (SSSR count). The van der Waals surface area contributed by atoms with E-state index in [0.29, 0.717) is 27.7 Å². The van der Waals surface area contributed by atoms with Crippen LogP contribution in [-0.4, -0.2) is 25.3 Å². The molecule has 0 heterocycles. The second-order valence-corrected chi connectivity index (χ2v) is 12.8. The number of aliphatic hydroxyl groups excluding tert-OH is 1. The summed E-state index contributed by atoms with van der Waals surface area (Å²) in [7, 11) is 0.158. The Balaban J connectivity index is 2.06. The predicted octanol–water partition coefficient (Wildman–Crippen LogP) is 7.13. The zero-order valence-electron chi connectivity index (χ0n) is 19.5. The Labute approximate surface area is 202 Å². The molecular weight excluding hydrogens is 464 g/mol. The largest absolute Gasteiger partial charge is 0.378 e. The second kappa shape index (κ2) is 10.5. The molecule has 1 N–H and O–H groups in total. The first-order chi connectivity index (χ1) is 15.0. The van der Waals surface area contributed by atoms with Crippen molar-refractivity contribution in [1.82, 2.24) is 0 Å². The highest BCUT2D eigenvalue weighted by atomic mass is 35.5. The zero-order chi connectivity index (χ0) is 23.6. The van der Waals surface area contributed by atoms with E-state index in [2.05, 4.69) is 20.8 Å². The fraction of sp³-hybridized carbons (Fsp3) is 0.520. The molecule has 5 atom stereocenters. The van der Waals surface area contributed by atoms with Crippen LogP contribution in [0.1, 0.15) is 51.4 Å². The van der Waals surface area contributed by atoms with Gasteiger partial charge in [0.05, 0.1) is 6.10 Å². The van der Waals surface area contributed by atoms with Crippen LogP contribution in [0.4, 0.5) is 5.69 Å². The van der Waals surface area contributed by atoms with Crippen molar-refractivity contribution >= 4 is 41.6 Å². The lowest BCUT2D eigenvalue weighted by Gasteiger charge is -2.40. The van der Waals surface area contributed by atoms with Gasteiger partial charge in [-0.3, -0.25) is 4.57 Å². The molecule has 0 saturated heterocycles. The van der Waals surface area contributed by atoms with Crippen LogP contribution >= 0.6 is 30.6 Å². The van der Waals surface area contributed by atoms with Gasteiger partial charge in [-0.15, -0.1) is 0 Å². The van der Waals surface area contributed by atoms with Gasteiger partial charge in [0, 0.05) is 40.7 Å². The minimum Gasteiger partial charge on any atom is -0.378 e. The highest BCUT2D eigenvalue weighted by Crippen LogP contribution is 2.61. The van der Waals surface area contributed by atoms with E-state index in [1.807, 2.05) is 31.1 Å². The van der Waals surface area contributed by atoms with Crippen molar-refractivity contribution in [3.63, 3.8) is 0 Å². The fourth-order valence-corrected chi connectivity index (χ4v) is 7.46. The molecule has 2 aromatic rings. The van der Waals surface area contributed by atoms with Crippen LogP contribution in [0, 0.1) is 17.8 Å². The Morgan fingerprint density at radius 1 is 1.09 bits per heavy atom. The SMILES string of the molecule is CC(C)[C@@H]1CC[C@H](C)C[C@H]1O[P@](=O)(c1ccc(N(C)C)cc1)[C@H](O)c1ccc(Cl)cc1Cl. The molecule has 1 aliphatic rings. The summed E-state index contributed by atoms with van der Waals surface area (Å²) in [5.41, 5.74) is 1.34. The van der Waals surface area contributed by atoms with E-state index >= 15 is 0 Å². The lowest BCUT2D eigenvalue weighted by atomic mass is 9.75. The molecule has 176 valence electrons. The summed E-state index contributed by atoms with van der Waals surface area (Å²) in [5, 5.41) is 12.7. The van der Waals surface area contributed by atoms with Gasteiger partial charge in [0.1, 0.15) is 0 Å². The molecule has 0 amide bonds. The van der Waals surface area contributed by atoms with Gasteiger partial charge in [0.15, 0.2) is 5.85 Å². The number of rotatable bonds is 7. The standard InChI is InChI=1S/C25H34Cl2NO3P/c1-16(2)21-12-6-17(3)14-24(21)31-32(30,20-10-8-19(9-11-20)28(4)5)25(29)22-13-7-18(26)15-23(22)27/h7-11,13,15-17,21,24-25,29H,6,12,14H2,1-5H3/t17-,21-,24+,25-,32+/m0/s1. The van der Waals surface area contributed by atoms with E-state index in [1.54, 1.807) is 30.3 Å². The van der Waals surface area contributed by atoms with Gasteiger partial charge in [-0.25, -0.2) is 0 Å². The van der Waals surface area contributed by atoms with Gasteiger partial charge >= 0.3 is 0 Å². The molecule has 4 nitrogen and oxygen atoms in total. The Kier molecular flexibility index (Phi) is 8.39. The number of aliphatic hydroxyl groups is 1. The van der Waals surface area contributed by atoms with Crippen molar-refractivity contribution in [1.29, 1.82) is 0 Å². The third-order valence-electron chi connectivity index (χ3n) is 6.54. The number of hydrogen-bond acceptors (Lipinski definition) is 4. The summed E-state index contributed by atoms with van der Waals surface area (Å²) in [5.74, 6) is -0.222. The van der Waals surface area contributed by atoms with Crippen LogP contribution in [0.15, 0.2) is 42.5 Å². The molecular formula is C25H34Cl2NO3P. The summed E-state index contributed by atoms with van der Waals surface area (Å²) in [6.45, 7) is 6.57. The molecule has 0 radical (unpaired) electrons. The van der Waals surface area contributed by atoms with Gasteiger partial charge in [-0.2, -0.15) is 0 Å². The van der Waals surface area contributed by atoms with Gasteiger partial charge < -0.3 is 14.5 Å². The zero-order valence-corrected chi connectivity index (χ0v) is 21.9. The summed E-state index contributed by atoms with van der Waals surface area (Å²) < 4.78 is 21.1. The van der Waals surface area contributed by atoms with Crippen molar-refractivity contribution in [2.45, 2.75) is 52.0 Å². The first kappa shape index (κ1) is 25.6. The third kappa shape index (κ3) is 5.54. The normalized spacial score (nSPS) is 24.2. The number of anilines is 1. The second-order valence-electron chi connectivity index (χ2n) is 9.52. The molecule has 1 saturated carbocycles. The predicted molar refractivity (Wildman–Crippen MR) is 136 cm³/mol. The smallest absolute Gasteiger partial charge is 0.264 e. The number of halogens is 2. The van der Waals surface area contributed by atoms with Crippen LogP contribution in [0.3, 0.4) is 0 Å². The van der Waals surface area contributed by atoms with E-state index in [9.17, 15) is 9.67 Å². The summed E-state index contributed by atoms with van der Waals surface area (Å²) >= 11 is 12.5. The monoisotopic (exact) mass is 497 g/mol. The van der Waals surface area contributed by atoms with Crippen LogP contribution in [0.5, 0.6) is 0 Å². The molecule has 7 heteroatoms. The topological polar surface area (TPSA) is 49.8 Å². The van der Waals surface area contributed by atoms with Crippen molar-refractivity contribution in [2.75, 3.05) is 19.0 Å². The maximum Gasteiger partial charge on any atom is 0.264 e. The maximum atomic E-state index is 14.6. The summed E-state index contributed by atoms with van der Waals surface area (Å²) in [4.78, 5) is 1.97. The van der Waals surface area contributed by atoms with Crippen LogP contribution < -0.4 is 10.2 Å². The average Bonchev–Trinajstić information content (AvgIpc) is 2.73. The van der Waals surface area contributed by atoms with E-state index in [0.717, 1.165) is 24.9 Å². The van der Waals surface area contributed by atoms with Crippen LogP contribution in [-0.2, 0) is 9.09 Å². The quantitative estimate of drug-likeness (QED) is 0.413. The van der Waals surface area contributed by atoms with Crippen molar-refractivity contribution in [2.24, 2.45) is 17.8 Å². The van der Waals surface area contributed by atoms with E-state index in [1.165, 1.54) is 0 Å². The van der Waals surface area contributed by atoms with Gasteiger partial charge in [-0.05, 0) is 67.0 Å². The van der Waals surface area contributed by atoms with Gasteiger partial charge in [-0.1, -0.05) is 56.5 Å². The Hall–Kier alpha value is -1.03. The Morgan fingerprint density at radius 2 is 1.75 bits per heavy atom. The molecule has 1 aliphatic carbocycles. The van der Waals surface area contributed by atoms with Crippen LogP contribution in [0.2, 0.25) is 10.0 Å². The molecule has 32 heavy (non-hydrogen) atoms. The highest BCUT2D eigenvalue weighted by molar-refractivity contribution is 7.67. The maximum absolute atomic E-state index is 14.6. The minimum atomic E-state index is -3.74. The molecule has 0 aliphatic heterocycles. The Morgan fingerprint density at radius 3 is 2.31 bits per heavy atom. The number of nitrogens with zero attached hydrogens (tertiary/aromatic N) is 1. The lowest BCUT2D eigenvalue weighted by Crippen LogP contribution is -2.35.